The number of benzene rings is 2. The van der Waals surface area contributed by atoms with Crippen molar-refractivity contribution in [1.82, 2.24) is 24.8 Å². The Hall–Kier alpha value is -3.48. The lowest BCUT2D eigenvalue weighted by Crippen LogP contribution is -2.27. The molecule has 1 amide bonds. The van der Waals surface area contributed by atoms with E-state index in [9.17, 15) is 9.59 Å². The smallest absolute Gasteiger partial charge is 0.261 e. The third-order valence-electron chi connectivity index (χ3n) is 5.68. The number of carbonyl (C=O) groups excluding carboxylic acids is 1. The molecule has 0 bridgehead atoms. The molecule has 0 atom stereocenters. The Morgan fingerprint density at radius 3 is 2.80 bits per heavy atom. The van der Waals surface area contributed by atoms with Gasteiger partial charge in [0.05, 0.1) is 28.5 Å². The Morgan fingerprint density at radius 1 is 1.03 bits per heavy atom. The molecular weight excluding hydrogens is 378 g/mol. The normalized spacial score (nSPS) is 14.3. The van der Waals surface area contributed by atoms with Gasteiger partial charge in [-0.15, -0.1) is 0 Å². The van der Waals surface area contributed by atoms with Crippen LogP contribution in [0.4, 0.5) is 0 Å². The number of amides is 1. The average molecular weight is 401 g/mol. The van der Waals surface area contributed by atoms with E-state index in [1.807, 2.05) is 28.8 Å². The first-order chi connectivity index (χ1) is 14.7. The van der Waals surface area contributed by atoms with Crippen LogP contribution in [0.3, 0.4) is 0 Å². The van der Waals surface area contributed by atoms with Crippen molar-refractivity contribution in [3.63, 3.8) is 0 Å². The number of fused-ring (bicyclic) bond motifs is 3. The van der Waals surface area contributed by atoms with E-state index in [-0.39, 0.29) is 11.5 Å². The minimum absolute atomic E-state index is 0.00821. The van der Waals surface area contributed by atoms with Crippen LogP contribution in [0.25, 0.3) is 21.9 Å². The van der Waals surface area contributed by atoms with Crippen molar-refractivity contribution in [2.75, 3.05) is 0 Å². The number of nitrogens with zero attached hydrogens (tertiary/aromatic N) is 3. The first-order valence-corrected chi connectivity index (χ1v) is 10.4. The van der Waals surface area contributed by atoms with Crippen molar-refractivity contribution in [3.8, 4) is 0 Å². The lowest BCUT2D eigenvalue weighted by atomic mass is 10.1. The van der Waals surface area contributed by atoms with E-state index in [1.54, 1.807) is 18.2 Å². The number of imidazole rings is 1. The molecule has 5 rings (SSSR count). The van der Waals surface area contributed by atoms with Gasteiger partial charge in [0.15, 0.2) is 0 Å². The van der Waals surface area contributed by atoms with E-state index in [0.717, 1.165) is 55.5 Å². The monoisotopic (exact) mass is 401 g/mol. The fraction of sp³-hybridized carbons (Fsp3) is 0.304. The number of aromatic amines is 1. The van der Waals surface area contributed by atoms with Gasteiger partial charge >= 0.3 is 0 Å². The van der Waals surface area contributed by atoms with Crippen molar-refractivity contribution in [2.24, 2.45) is 0 Å². The highest BCUT2D eigenvalue weighted by atomic mass is 16.1. The summed E-state index contributed by atoms with van der Waals surface area (Å²) in [5, 5.41) is 3.46. The van der Waals surface area contributed by atoms with Gasteiger partial charge in [-0.05, 0) is 43.2 Å². The summed E-state index contributed by atoms with van der Waals surface area (Å²) in [5.74, 6) is 1.31. The highest BCUT2D eigenvalue weighted by Crippen LogP contribution is 2.17. The summed E-state index contributed by atoms with van der Waals surface area (Å²) in [6.07, 6.45) is 5.15. The van der Waals surface area contributed by atoms with Crippen molar-refractivity contribution < 1.29 is 4.79 Å². The first kappa shape index (κ1) is 18.5. The maximum Gasteiger partial charge on any atom is 0.261 e. The average Bonchev–Trinajstić information content (AvgIpc) is 3.16. The van der Waals surface area contributed by atoms with Crippen LogP contribution in [0.2, 0.25) is 0 Å². The maximum absolute atomic E-state index is 12.9. The summed E-state index contributed by atoms with van der Waals surface area (Å²) in [4.78, 5) is 38.0. The van der Waals surface area contributed by atoms with Gasteiger partial charge in [0, 0.05) is 18.5 Å². The van der Waals surface area contributed by atoms with E-state index in [2.05, 4.69) is 15.3 Å². The molecule has 3 heterocycles. The summed E-state index contributed by atoms with van der Waals surface area (Å²) < 4.78 is 1.81. The summed E-state index contributed by atoms with van der Waals surface area (Å²) in [5.41, 5.74) is 2.87. The molecule has 30 heavy (non-hydrogen) atoms. The fourth-order valence-corrected chi connectivity index (χ4v) is 4.09. The third kappa shape index (κ3) is 3.47. The van der Waals surface area contributed by atoms with Crippen molar-refractivity contribution in [1.29, 1.82) is 0 Å². The number of rotatable bonds is 3. The van der Waals surface area contributed by atoms with Gasteiger partial charge in [0.1, 0.15) is 11.6 Å². The van der Waals surface area contributed by atoms with Crippen molar-refractivity contribution >= 4 is 27.8 Å². The van der Waals surface area contributed by atoms with E-state index in [0.29, 0.717) is 28.8 Å². The molecule has 1 aliphatic rings. The van der Waals surface area contributed by atoms with Gasteiger partial charge in [-0.25, -0.2) is 9.97 Å². The summed E-state index contributed by atoms with van der Waals surface area (Å²) in [6.45, 7) is 1.02. The maximum atomic E-state index is 12.9. The molecular formula is C23H23N5O2. The number of hydrogen-bond acceptors (Lipinski definition) is 4. The molecule has 0 aliphatic carbocycles. The van der Waals surface area contributed by atoms with E-state index >= 15 is 0 Å². The molecule has 0 saturated carbocycles. The zero-order valence-electron chi connectivity index (χ0n) is 16.6. The Bertz CT molecular complexity index is 1270. The number of aromatic nitrogens is 4. The van der Waals surface area contributed by atoms with Gasteiger partial charge < -0.3 is 10.3 Å². The number of aryl methyl sites for hydroxylation is 1. The second kappa shape index (κ2) is 7.74. The second-order valence-electron chi connectivity index (χ2n) is 7.76. The zero-order chi connectivity index (χ0) is 20.5. The molecule has 7 heteroatoms. The van der Waals surface area contributed by atoms with Crippen LogP contribution < -0.4 is 10.9 Å². The predicted octanol–water partition coefficient (Wildman–Crippen LogP) is 3.32. The third-order valence-corrected chi connectivity index (χ3v) is 5.68. The topological polar surface area (TPSA) is 92.7 Å². The van der Waals surface area contributed by atoms with Crippen molar-refractivity contribution in [2.45, 2.75) is 45.2 Å². The first-order valence-electron chi connectivity index (χ1n) is 10.4. The van der Waals surface area contributed by atoms with Crippen LogP contribution in [-0.2, 0) is 19.5 Å². The van der Waals surface area contributed by atoms with Gasteiger partial charge in [-0.2, -0.15) is 0 Å². The Labute approximate surface area is 173 Å². The Kier molecular flexibility index (Phi) is 4.78. The zero-order valence-corrected chi connectivity index (χ0v) is 16.6. The number of nitrogens with one attached hydrogen (secondary N) is 2. The molecule has 0 fully saturated rings. The van der Waals surface area contributed by atoms with Gasteiger partial charge in [0.2, 0.25) is 0 Å². The highest BCUT2D eigenvalue weighted by Gasteiger charge is 2.15. The molecule has 0 radical (unpaired) electrons. The van der Waals surface area contributed by atoms with Crippen LogP contribution in [0.1, 0.15) is 47.7 Å². The van der Waals surface area contributed by atoms with Gasteiger partial charge in [-0.1, -0.05) is 25.0 Å². The molecule has 7 nitrogen and oxygen atoms in total. The Balaban J connectivity index is 1.40. The molecule has 0 unspecified atom stereocenters. The molecule has 1 aliphatic heterocycles. The summed E-state index contributed by atoms with van der Waals surface area (Å²) >= 11 is 0. The number of carbonyl (C=O) groups is 1. The molecule has 2 N–H and O–H groups in total. The second-order valence-corrected chi connectivity index (χ2v) is 7.76. The predicted molar refractivity (Wildman–Crippen MR) is 115 cm³/mol. The fourth-order valence-electron chi connectivity index (χ4n) is 4.09. The van der Waals surface area contributed by atoms with Crippen molar-refractivity contribution in [3.05, 3.63) is 70.0 Å². The molecule has 2 aromatic heterocycles. The minimum atomic E-state index is -0.217. The lowest BCUT2D eigenvalue weighted by Gasteiger charge is -2.16. The van der Waals surface area contributed by atoms with Gasteiger partial charge in [0.25, 0.3) is 11.5 Å². The SMILES string of the molecule is O=C(NCc1nc2ccccc2[nH]1)c1ccc2c(=O)n3c(nc2c1)CCCCCC3. The molecule has 4 aromatic rings. The van der Waals surface area contributed by atoms with Gasteiger partial charge in [-0.3, -0.25) is 14.2 Å². The minimum Gasteiger partial charge on any atom is -0.345 e. The number of para-hydroxylation sites is 2. The molecule has 2 aromatic carbocycles. The van der Waals surface area contributed by atoms with Crippen LogP contribution in [-0.4, -0.2) is 25.4 Å². The van der Waals surface area contributed by atoms with E-state index < -0.39 is 0 Å². The number of H-pyrrole nitrogens is 1. The van der Waals surface area contributed by atoms with E-state index in [4.69, 9.17) is 4.98 Å². The lowest BCUT2D eigenvalue weighted by molar-refractivity contribution is 0.0950. The summed E-state index contributed by atoms with van der Waals surface area (Å²) in [6, 6.07) is 12.9. The van der Waals surface area contributed by atoms with E-state index in [1.165, 1.54) is 0 Å². The highest BCUT2D eigenvalue weighted by molar-refractivity contribution is 5.97. The van der Waals surface area contributed by atoms with Crippen LogP contribution >= 0.6 is 0 Å². The van der Waals surface area contributed by atoms with Crippen LogP contribution in [0, 0.1) is 0 Å². The summed E-state index contributed by atoms with van der Waals surface area (Å²) in [7, 11) is 0. The molecule has 0 saturated heterocycles. The molecule has 152 valence electrons. The standard InChI is InChI=1S/C23H23N5O2/c29-22(24-14-20-25-17-7-4-5-8-18(17)26-20)15-10-11-16-19(13-15)27-21-9-3-1-2-6-12-28(21)23(16)30/h4-5,7-8,10-11,13H,1-3,6,9,12,14H2,(H,24,29)(H,25,26). The quantitative estimate of drug-likeness (QED) is 0.551. The number of hydrogen-bond donors (Lipinski definition) is 2. The Morgan fingerprint density at radius 2 is 1.90 bits per heavy atom. The van der Waals surface area contributed by atoms with Crippen LogP contribution in [0.15, 0.2) is 47.3 Å². The molecule has 0 spiro atoms. The largest absolute Gasteiger partial charge is 0.345 e. The van der Waals surface area contributed by atoms with Crippen LogP contribution in [0.5, 0.6) is 0 Å².